The fourth-order valence-corrected chi connectivity index (χ4v) is 2.53. The van der Waals surface area contributed by atoms with Crippen LogP contribution in [0.5, 0.6) is 0 Å². The molecule has 0 aromatic carbocycles. The van der Waals surface area contributed by atoms with E-state index in [1.54, 1.807) is 0 Å². The van der Waals surface area contributed by atoms with E-state index in [9.17, 15) is 12.6 Å². The van der Waals surface area contributed by atoms with Crippen molar-refractivity contribution in [2.24, 2.45) is 0 Å². The molecule has 0 saturated heterocycles. The van der Waals surface area contributed by atoms with Crippen LogP contribution in [0.15, 0.2) is 23.2 Å². The van der Waals surface area contributed by atoms with Crippen molar-refractivity contribution in [3.05, 3.63) is 23.5 Å². The van der Waals surface area contributed by atoms with E-state index in [0.29, 0.717) is 0 Å². The molecule has 90 valence electrons. The Morgan fingerprint density at radius 3 is 2.69 bits per heavy atom. The van der Waals surface area contributed by atoms with Gasteiger partial charge in [-0.25, -0.2) is 18.1 Å². The van der Waals surface area contributed by atoms with Crippen LogP contribution >= 0.6 is 11.6 Å². The fraction of sp³-hybridized carbons (Fsp3) is 0.375. The molecule has 0 fully saturated rings. The van der Waals surface area contributed by atoms with E-state index in [-0.39, 0.29) is 22.3 Å². The number of aromatic nitrogens is 1. The van der Waals surface area contributed by atoms with Crippen molar-refractivity contribution in [2.45, 2.75) is 4.90 Å². The zero-order valence-electron chi connectivity index (χ0n) is 8.51. The molecule has 0 aliphatic carbocycles. The van der Waals surface area contributed by atoms with Crippen molar-refractivity contribution < 1.29 is 12.6 Å². The predicted molar refractivity (Wildman–Crippen MR) is 63.4 cm³/mol. The number of rotatable bonds is 5. The Balaban J connectivity index is 2.71. The second-order valence-corrected chi connectivity index (χ2v) is 6.70. The summed E-state index contributed by atoms with van der Waals surface area (Å²) in [6, 6.07) is 2.76. The average Bonchev–Trinajstić information content (AvgIpc) is 2.17. The summed E-state index contributed by atoms with van der Waals surface area (Å²) in [7, 11) is -4.60. The minimum Gasteiger partial charge on any atom is -0.260 e. The number of nitrogens with zero attached hydrogens (tertiary/aromatic N) is 1. The third-order valence-electron chi connectivity index (χ3n) is 1.69. The van der Waals surface area contributed by atoms with E-state index < -0.39 is 20.8 Å². The standard InChI is InChI=1S/C8H11ClN2O3S2/c1-15(12)5-4-11-16(13,14)7-2-3-8(9)10-6-7/h2-3,6,11H,4-5H2,1H3. The van der Waals surface area contributed by atoms with Crippen LogP contribution < -0.4 is 4.72 Å². The molecule has 1 aromatic heterocycles. The number of hydrogen-bond acceptors (Lipinski definition) is 4. The normalized spacial score (nSPS) is 13.6. The van der Waals surface area contributed by atoms with E-state index in [0.717, 1.165) is 0 Å². The van der Waals surface area contributed by atoms with Gasteiger partial charge in [-0.3, -0.25) is 4.21 Å². The van der Waals surface area contributed by atoms with Crippen molar-refractivity contribution in [3.63, 3.8) is 0 Å². The molecule has 1 N–H and O–H groups in total. The van der Waals surface area contributed by atoms with Gasteiger partial charge in [-0.05, 0) is 12.1 Å². The number of halogens is 1. The summed E-state index contributed by atoms with van der Waals surface area (Å²) in [6.07, 6.45) is 2.69. The van der Waals surface area contributed by atoms with Gasteiger partial charge in [0, 0.05) is 35.5 Å². The van der Waals surface area contributed by atoms with Crippen LogP contribution in [-0.2, 0) is 20.8 Å². The van der Waals surface area contributed by atoms with Crippen molar-refractivity contribution in [2.75, 3.05) is 18.6 Å². The molecule has 0 bridgehead atoms. The highest BCUT2D eigenvalue weighted by Gasteiger charge is 2.13. The number of nitrogens with one attached hydrogen (secondary N) is 1. The van der Waals surface area contributed by atoms with Crippen LogP contribution in [0, 0.1) is 0 Å². The minimum absolute atomic E-state index is 0.0405. The Morgan fingerprint density at radius 2 is 2.19 bits per heavy atom. The van der Waals surface area contributed by atoms with Crippen molar-refractivity contribution in [1.82, 2.24) is 9.71 Å². The van der Waals surface area contributed by atoms with Gasteiger partial charge in [0.05, 0.1) is 0 Å². The molecule has 1 aromatic rings. The maximum atomic E-state index is 11.6. The lowest BCUT2D eigenvalue weighted by atomic mass is 10.5. The molecule has 0 radical (unpaired) electrons. The highest BCUT2D eigenvalue weighted by Crippen LogP contribution is 2.10. The predicted octanol–water partition coefficient (Wildman–Crippen LogP) is 0.392. The molecule has 0 amide bonds. The third kappa shape index (κ3) is 4.17. The van der Waals surface area contributed by atoms with E-state index in [1.165, 1.54) is 24.6 Å². The molecule has 16 heavy (non-hydrogen) atoms. The molecule has 0 spiro atoms. The first-order chi connectivity index (χ1) is 7.42. The molecular weight excluding hydrogens is 272 g/mol. The lowest BCUT2D eigenvalue weighted by Crippen LogP contribution is -2.27. The summed E-state index contributed by atoms with van der Waals surface area (Å²) in [5.41, 5.74) is 0. The van der Waals surface area contributed by atoms with Gasteiger partial charge >= 0.3 is 0 Å². The highest BCUT2D eigenvalue weighted by atomic mass is 35.5. The van der Waals surface area contributed by atoms with Gasteiger partial charge in [0.25, 0.3) is 0 Å². The third-order valence-corrected chi connectivity index (χ3v) is 4.14. The van der Waals surface area contributed by atoms with Crippen molar-refractivity contribution >= 4 is 32.4 Å². The molecule has 1 atom stereocenters. The highest BCUT2D eigenvalue weighted by molar-refractivity contribution is 7.89. The van der Waals surface area contributed by atoms with Crippen LogP contribution in [0.3, 0.4) is 0 Å². The van der Waals surface area contributed by atoms with Crippen LogP contribution in [0.1, 0.15) is 0 Å². The minimum atomic E-state index is -3.58. The zero-order chi connectivity index (χ0) is 12.2. The van der Waals surface area contributed by atoms with Gasteiger partial charge in [0.15, 0.2) is 0 Å². The maximum Gasteiger partial charge on any atom is 0.242 e. The molecule has 5 nitrogen and oxygen atoms in total. The Kier molecular flexibility index (Phi) is 4.85. The van der Waals surface area contributed by atoms with Gasteiger partial charge in [0.1, 0.15) is 10.0 Å². The largest absolute Gasteiger partial charge is 0.260 e. The van der Waals surface area contributed by atoms with E-state index in [1.807, 2.05) is 0 Å². The first-order valence-electron chi connectivity index (χ1n) is 4.33. The van der Waals surface area contributed by atoms with Crippen LogP contribution in [0.2, 0.25) is 5.15 Å². The zero-order valence-corrected chi connectivity index (χ0v) is 10.9. The summed E-state index contributed by atoms with van der Waals surface area (Å²) in [4.78, 5) is 3.72. The molecule has 0 aliphatic rings. The Hall–Kier alpha value is -0.500. The number of hydrogen-bond donors (Lipinski definition) is 1. The van der Waals surface area contributed by atoms with Crippen LogP contribution in [0.25, 0.3) is 0 Å². The Morgan fingerprint density at radius 1 is 1.50 bits per heavy atom. The van der Waals surface area contributed by atoms with Crippen molar-refractivity contribution in [1.29, 1.82) is 0 Å². The lowest BCUT2D eigenvalue weighted by Gasteiger charge is -2.05. The smallest absolute Gasteiger partial charge is 0.242 e. The van der Waals surface area contributed by atoms with Gasteiger partial charge < -0.3 is 0 Å². The summed E-state index contributed by atoms with van der Waals surface area (Å²) in [5.74, 6) is 0.278. The molecule has 0 aliphatic heterocycles. The monoisotopic (exact) mass is 282 g/mol. The van der Waals surface area contributed by atoms with E-state index >= 15 is 0 Å². The summed E-state index contributed by atoms with van der Waals surface area (Å²) < 4.78 is 36.3. The van der Waals surface area contributed by atoms with Crippen molar-refractivity contribution in [3.8, 4) is 0 Å². The van der Waals surface area contributed by atoms with Gasteiger partial charge in [-0.1, -0.05) is 11.6 Å². The molecule has 8 heteroatoms. The second kappa shape index (κ2) is 5.72. The van der Waals surface area contributed by atoms with Gasteiger partial charge in [0.2, 0.25) is 10.0 Å². The second-order valence-electron chi connectivity index (χ2n) is 2.99. The molecule has 1 heterocycles. The Labute approximate surface area is 102 Å². The number of sulfonamides is 1. The lowest BCUT2D eigenvalue weighted by molar-refractivity contribution is 0.583. The first kappa shape index (κ1) is 13.6. The van der Waals surface area contributed by atoms with E-state index in [4.69, 9.17) is 11.6 Å². The SMILES string of the molecule is CS(=O)CCNS(=O)(=O)c1ccc(Cl)nc1. The quantitative estimate of drug-likeness (QED) is 0.793. The molecular formula is C8H11ClN2O3S2. The number of pyridine rings is 1. The maximum absolute atomic E-state index is 11.6. The van der Waals surface area contributed by atoms with Gasteiger partial charge in [-0.2, -0.15) is 0 Å². The van der Waals surface area contributed by atoms with Crippen LogP contribution in [0.4, 0.5) is 0 Å². The summed E-state index contributed by atoms with van der Waals surface area (Å²) in [5, 5.41) is 0.230. The summed E-state index contributed by atoms with van der Waals surface area (Å²) >= 11 is 5.54. The van der Waals surface area contributed by atoms with Gasteiger partial charge in [-0.15, -0.1) is 0 Å². The first-order valence-corrected chi connectivity index (χ1v) is 7.92. The van der Waals surface area contributed by atoms with Crippen LogP contribution in [-0.4, -0.2) is 36.2 Å². The molecule has 0 saturated carbocycles. The summed E-state index contributed by atoms with van der Waals surface area (Å²) in [6.45, 7) is 0.133. The average molecular weight is 283 g/mol. The molecule has 1 unspecified atom stereocenters. The van der Waals surface area contributed by atoms with E-state index in [2.05, 4.69) is 9.71 Å². The topological polar surface area (TPSA) is 76.1 Å². The Bertz CT molecular complexity index is 473. The molecule has 1 rings (SSSR count). The fourth-order valence-electron chi connectivity index (χ4n) is 0.924.